The lowest BCUT2D eigenvalue weighted by Crippen LogP contribution is -2.26. The molecule has 0 spiro atoms. The van der Waals surface area contributed by atoms with E-state index < -0.39 is 10.0 Å². The third-order valence-corrected chi connectivity index (χ3v) is 4.16. The molecule has 0 saturated heterocycles. The molecule has 108 valence electrons. The molecule has 1 heterocycles. The average molecular weight is 296 g/mol. The highest BCUT2D eigenvalue weighted by molar-refractivity contribution is 7.88. The summed E-state index contributed by atoms with van der Waals surface area (Å²) in [4.78, 5) is 0. The molecule has 1 aromatic carbocycles. The van der Waals surface area contributed by atoms with Crippen LogP contribution in [0.2, 0.25) is 0 Å². The zero-order valence-electron chi connectivity index (χ0n) is 11.5. The maximum absolute atomic E-state index is 11.4. The van der Waals surface area contributed by atoms with Crippen LogP contribution >= 0.6 is 0 Å². The van der Waals surface area contributed by atoms with Gasteiger partial charge in [-0.25, -0.2) is 8.42 Å². The Morgan fingerprint density at radius 2 is 1.95 bits per heavy atom. The van der Waals surface area contributed by atoms with E-state index in [-0.39, 0.29) is 6.54 Å². The summed E-state index contributed by atoms with van der Waals surface area (Å²) in [6.45, 7) is 0.158. The van der Waals surface area contributed by atoms with E-state index in [2.05, 4.69) is 10.2 Å². The summed E-state index contributed by atoms with van der Waals surface area (Å²) in [7, 11) is -0.156. The summed E-state index contributed by atoms with van der Waals surface area (Å²) in [5.74, 6) is 1.29. The number of methoxy groups -OCH3 is 1. The Balaban J connectivity index is 2.28. The molecule has 0 aliphatic rings. The van der Waals surface area contributed by atoms with E-state index in [0.717, 1.165) is 17.7 Å². The van der Waals surface area contributed by atoms with Gasteiger partial charge >= 0.3 is 0 Å². The fourth-order valence-corrected chi connectivity index (χ4v) is 1.99. The van der Waals surface area contributed by atoms with Crippen molar-refractivity contribution in [2.45, 2.75) is 6.54 Å². The predicted molar refractivity (Wildman–Crippen MR) is 74.2 cm³/mol. The van der Waals surface area contributed by atoms with E-state index in [1.54, 1.807) is 18.0 Å². The molecule has 7 nitrogen and oxygen atoms in total. The summed E-state index contributed by atoms with van der Waals surface area (Å²) in [5, 5.41) is 7.80. The Hall–Kier alpha value is -1.93. The second-order valence-corrected chi connectivity index (χ2v) is 6.42. The van der Waals surface area contributed by atoms with E-state index >= 15 is 0 Å². The molecule has 0 aliphatic carbocycles. The van der Waals surface area contributed by atoms with Gasteiger partial charge < -0.3 is 4.74 Å². The van der Waals surface area contributed by atoms with Gasteiger partial charge in [-0.05, 0) is 24.3 Å². The van der Waals surface area contributed by atoms with E-state index in [1.807, 2.05) is 24.3 Å². The standard InChI is InChI=1S/C12H16N4O3S/c1-15(20(3,17)18)8-12-14-13-9-16(12)10-4-6-11(19-2)7-5-10/h4-7,9H,8H2,1-3H3. The van der Waals surface area contributed by atoms with Crippen LogP contribution in [0.15, 0.2) is 30.6 Å². The fraction of sp³-hybridized carbons (Fsp3) is 0.333. The molecule has 0 bridgehead atoms. The van der Waals surface area contributed by atoms with Crippen molar-refractivity contribution in [1.82, 2.24) is 19.1 Å². The van der Waals surface area contributed by atoms with Crippen molar-refractivity contribution < 1.29 is 13.2 Å². The first kappa shape index (κ1) is 14.5. The van der Waals surface area contributed by atoms with E-state index in [1.165, 1.54) is 11.4 Å². The van der Waals surface area contributed by atoms with E-state index in [4.69, 9.17) is 4.74 Å². The van der Waals surface area contributed by atoms with Gasteiger partial charge in [-0.2, -0.15) is 4.31 Å². The predicted octanol–water partition coefficient (Wildman–Crippen LogP) is 0.667. The monoisotopic (exact) mass is 296 g/mol. The summed E-state index contributed by atoms with van der Waals surface area (Å²) in [6, 6.07) is 7.34. The molecule has 20 heavy (non-hydrogen) atoms. The molecule has 0 saturated carbocycles. The molecular formula is C12H16N4O3S. The van der Waals surface area contributed by atoms with Crippen LogP contribution in [0, 0.1) is 0 Å². The summed E-state index contributed by atoms with van der Waals surface area (Å²) >= 11 is 0. The zero-order valence-corrected chi connectivity index (χ0v) is 12.3. The molecule has 8 heteroatoms. The van der Waals surface area contributed by atoms with Crippen molar-refractivity contribution in [2.75, 3.05) is 20.4 Å². The van der Waals surface area contributed by atoms with Crippen LogP contribution in [0.25, 0.3) is 5.69 Å². The molecule has 0 fully saturated rings. The highest BCUT2D eigenvalue weighted by Crippen LogP contribution is 2.16. The lowest BCUT2D eigenvalue weighted by atomic mass is 10.3. The number of ether oxygens (including phenoxy) is 1. The quantitative estimate of drug-likeness (QED) is 0.810. The number of nitrogens with zero attached hydrogens (tertiary/aromatic N) is 4. The van der Waals surface area contributed by atoms with Crippen LogP contribution in [0.5, 0.6) is 5.75 Å². The van der Waals surface area contributed by atoms with Crippen molar-refractivity contribution >= 4 is 10.0 Å². The van der Waals surface area contributed by atoms with Crippen LogP contribution in [-0.2, 0) is 16.6 Å². The topological polar surface area (TPSA) is 77.3 Å². The minimum Gasteiger partial charge on any atom is -0.497 e. The lowest BCUT2D eigenvalue weighted by molar-refractivity contribution is 0.414. The van der Waals surface area contributed by atoms with Gasteiger partial charge in [0.25, 0.3) is 0 Å². The van der Waals surface area contributed by atoms with Gasteiger partial charge in [0, 0.05) is 12.7 Å². The Bertz CT molecular complexity index is 679. The molecule has 0 amide bonds. The number of sulfonamides is 1. The van der Waals surface area contributed by atoms with Crippen molar-refractivity contribution in [1.29, 1.82) is 0 Å². The summed E-state index contributed by atoms with van der Waals surface area (Å²) in [5.41, 5.74) is 0.840. The number of hydrogen-bond acceptors (Lipinski definition) is 5. The molecule has 1 aromatic heterocycles. The molecule has 0 atom stereocenters. The number of hydrogen-bond donors (Lipinski definition) is 0. The van der Waals surface area contributed by atoms with Crippen LogP contribution in [-0.4, -0.2) is 47.9 Å². The van der Waals surface area contributed by atoms with Gasteiger partial charge in [0.2, 0.25) is 10.0 Å². The first-order valence-corrected chi connectivity index (χ1v) is 7.71. The van der Waals surface area contributed by atoms with Crippen molar-refractivity contribution in [3.05, 3.63) is 36.4 Å². The highest BCUT2D eigenvalue weighted by atomic mass is 32.2. The van der Waals surface area contributed by atoms with Crippen LogP contribution in [0.3, 0.4) is 0 Å². The zero-order chi connectivity index (χ0) is 14.8. The SMILES string of the molecule is COc1ccc(-n2cnnc2CN(C)S(C)(=O)=O)cc1. The number of aromatic nitrogens is 3. The fourth-order valence-electron chi connectivity index (χ4n) is 1.64. The summed E-state index contributed by atoms with van der Waals surface area (Å²) < 4.78 is 30.9. The number of rotatable bonds is 5. The van der Waals surface area contributed by atoms with Gasteiger partial charge in [-0.3, -0.25) is 4.57 Å². The minimum absolute atomic E-state index is 0.158. The highest BCUT2D eigenvalue weighted by Gasteiger charge is 2.15. The van der Waals surface area contributed by atoms with Gasteiger partial charge in [0.15, 0.2) is 5.82 Å². The van der Waals surface area contributed by atoms with Crippen LogP contribution in [0.4, 0.5) is 0 Å². The molecule has 0 radical (unpaired) electrons. The van der Waals surface area contributed by atoms with Gasteiger partial charge in [-0.1, -0.05) is 0 Å². The Morgan fingerprint density at radius 1 is 1.30 bits per heavy atom. The summed E-state index contributed by atoms with van der Waals surface area (Å²) in [6.07, 6.45) is 2.70. The molecular weight excluding hydrogens is 280 g/mol. The van der Waals surface area contributed by atoms with Crippen molar-refractivity contribution in [3.8, 4) is 11.4 Å². The second-order valence-electron chi connectivity index (χ2n) is 4.33. The first-order chi connectivity index (χ1) is 9.41. The molecule has 2 aromatic rings. The minimum atomic E-state index is -3.26. The largest absolute Gasteiger partial charge is 0.497 e. The average Bonchev–Trinajstić information content (AvgIpc) is 2.86. The van der Waals surface area contributed by atoms with E-state index in [0.29, 0.717) is 5.82 Å². The molecule has 0 unspecified atom stereocenters. The third kappa shape index (κ3) is 3.14. The van der Waals surface area contributed by atoms with Gasteiger partial charge in [0.1, 0.15) is 12.1 Å². The molecule has 0 N–H and O–H groups in total. The first-order valence-electron chi connectivity index (χ1n) is 5.86. The second kappa shape index (κ2) is 5.59. The van der Waals surface area contributed by atoms with Gasteiger partial charge in [-0.15, -0.1) is 10.2 Å². The Kier molecular flexibility index (Phi) is 4.05. The number of benzene rings is 1. The van der Waals surface area contributed by atoms with Crippen molar-refractivity contribution in [2.24, 2.45) is 0 Å². The van der Waals surface area contributed by atoms with Crippen molar-refractivity contribution in [3.63, 3.8) is 0 Å². The van der Waals surface area contributed by atoms with E-state index in [9.17, 15) is 8.42 Å². The maximum Gasteiger partial charge on any atom is 0.211 e. The normalized spacial score (nSPS) is 11.8. The lowest BCUT2D eigenvalue weighted by Gasteiger charge is -2.14. The molecule has 0 aliphatic heterocycles. The van der Waals surface area contributed by atoms with Crippen LogP contribution < -0.4 is 4.74 Å². The van der Waals surface area contributed by atoms with Crippen LogP contribution in [0.1, 0.15) is 5.82 Å². The third-order valence-electron chi connectivity index (χ3n) is 2.90. The Morgan fingerprint density at radius 3 is 2.50 bits per heavy atom. The maximum atomic E-state index is 11.4. The molecule has 2 rings (SSSR count). The smallest absolute Gasteiger partial charge is 0.211 e. The van der Waals surface area contributed by atoms with Gasteiger partial charge in [0.05, 0.1) is 19.9 Å². The Labute approximate surface area is 117 Å².